The molecule has 0 spiro atoms. The van der Waals surface area contributed by atoms with Crippen molar-refractivity contribution in [3.05, 3.63) is 94.8 Å². The first-order valence-corrected chi connectivity index (χ1v) is 10.2. The van der Waals surface area contributed by atoms with E-state index >= 15 is 0 Å². The van der Waals surface area contributed by atoms with Crippen LogP contribution in [-0.2, 0) is 0 Å². The molecular weight excluding hydrogens is 395 g/mol. The van der Waals surface area contributed by atoms with Gasteiger partial charge in [0.25, 0.3) is 11.8 Å². The number of anilines is 2. The Hall–Kier alpha value is -3.51. The zero-order valence-corrected chi connectivity index (χ0v) is 17.1. The molecular formula is C25H23FN2O3. The van der Waals surface area contributed by atoms with Crippen molar-refractivity contribution >= 4 is 23.2 Å². The topological polar surface area (TPSA) is 69.6 Å². The van der Waals surface area contributed by atoms with E-state index in [1.165, 1.54) is 18.2 Å². The fourth-order valence-corrected chi connectivity index (χ4v) is 3.85. The third-order valence-corrected chi connectivity index (χ3v) is 5.52. The molecule has 0 radical (unpaired) electrons. The van der Waals surface area contributed by atoms with E-state index in [2.05, 4.69) is 5.32 Å². The number of hydrogen-bond acceptors (Lipinski definition) is 3. The van der Waals surface area contributed by atoms with Crippen LogP contribution in [0.5, 0.6) is 0 Å². The Morgan fingerprint density at radius 1 is 1.06 bits per heavy atom. The largest absolute Gasteiger partial charge is 0.388 e. The third-order valence-electron chi connectivity index (χ3n) is 5.52. The predicted octanol–water partition coefficient (Wildman–Crippen LogP) is 4.86. The highest BCUT2D eigenvalue weighted by molar-refractivity contribution is 6.08. The van der Waals surface area contributed by atoms with Gasteiger partial charge in [0.2, 0.25) is 0 Å². The van der Waals surface area contributed by atoms with Crippen molar-refractivity contribution in [1.82, 2.24) is 0 Å². The number of nitrogens with one attached hydrogen (secondary N) is 1. The Kier molecular flexibility index (Phi) is 5.82. The number of hydrogen-bond donors (Lipinski definition) is 2. The summed E-state index contributed by atoms with van der Waals surface area (Å²) in [7, 11) is 0. The van der Waals surface area contributed by atoms with E-state index < -0.39 is 11.9 Å². The summed E-state index contributed by atoms with van der Waals surface area (Å²) >= 11 is 0. The van der Waals surface area contributed by atoms with Gasteiger partial charge < -0.3 is 15.3 Å². The molecule has 0 aromatic heterocycles. The fraction of sp³-hybridized carbons (Fsp3) is 0.200. The van der Waals surface area contributed by atoms with Gasteiger partial charge in [-0.2, -0.15) is 0 Å². The minimum atomic E-state index is -0.803. The molecule has 4 rings (SSSR count). The molecule has 3 aromatic rings. The van der Waals surface area contributed by atoms with Gasteiger partial charge in [0.05, 0.1) is 6.10 Å². The normalized spacial score (nSPS) is 15.7. The average Bonchev–Trinajstić information content (AvgIpc) is 2.92. The van der Waals surface area contributed by atoms with Crippen LogP contribution in [-0.4, -0.2) is 23.5 Å². The Morgan fingerprint density at radius 3 is 2.55 bits per heavy atom. The lowest BCUT2D eigenvalue weighted by Gasteiger charge is -2.23. The van der Waals surface area contributed by atoms with Crippen molar-refractivity contribution in [3.63, 3.8) is 0 Å². The second kappa shape index (κ2) is 8.70. The highest BCUT2D eigenvalue weighted by Crippen LogP contribution is 2.34. The molecule has 5 nitrogen and oxygen atoms in total. The molecule has 31 heavy (non-hydrogen) atoms. The monoisotopic (exact) mass is 418 g/mol. The number of carbonyl (C=O) groups is 2. The van der Waals surface area contributed by atoms with Crippen LogP contribution < -0.4 is 10.2 Å². The van der Waals surface area contributed by atoms with Gasteiger partial charge in [0, 0.05) is 34.6 Å². The lowest BCUT2D eigenvalue weighted by molar-refractivity contribution is 0.0985. The first-order chi connectivity index (χ1) is 14.9. The Labute approximate surface area is 180 Å². The number of benzene rings is 3. The van der Waals surface area contributed by atoms with Gasteiger partial charge >= 0.3 is 0 Å². The van der Waals surface area contributed by atoms with Gasteiger partial charge in [0.1, 0.15) is 5.82 Å². The molecule has 1 heterocycles. The molecule has 3 aromatic carbocycles. The highest BCUT2D eigenvalue weighted by Gasteiger charge is 2.26. The number of aryl methyl sites for hydroxylation is 1. The third kappa shape index (κ3) is 4.34. The highest BCUT2D eigenvalue weighted by atomic mass is 19.1. The van der Waals surface area contributed by atoms with Crippen LogP contribution in [0.25, 0.3) is 0 Å². The van der Waals surface area contributed by atoms with Gasteiger partial charge in [-0.05, 0) is 73.9 Å². The minimum Gasteiger partial charge on any atom is -0.388 e. The zero-order valence-electron chi connectivity index (χ0n) is 17.1. The van der Waals surface area contributed by atoms with E-state index in [-0.39, 0.29) is 11.8 Å². The van der Waals surface area contributed by atoms with Crippen molar-refractivity contribution in [2.45, 2.75) is 25.9 Å². The Morgan fingerprint density at radius 2 is 1.81 bits per heavy atom. The Bertz CT molecular complexity index is 1130. The number of fused-ring (bicyclic) bond motifs is 1. The number of carbonyl (C=O) groups excluding carboxylic acids is 2. The van der Waals surface area contributed by atoms with E-state index in [1.807, 2.05) is 25.1 Å². The van der Waals surface area contributed by atoms with Gasteiger partial charge in [-0.25, -0.2) is 4.39 Å². The smallest absolute Gasteiger partial charge is 0.258 e. The van der Waals surface area contributed by atoms with Crippen LogP contribution >= 0.6 is 0 Å². The summed E-state index contributed by atoms with van der Waals surface area (Å²) in [5, 5.41) is 13.2. The molecule has 1 aliphatic rings. The maximum Gasteiger partial charge on any atom is 0.258 e. The molecule has 6 heteroatoms. The maximum absolute atomic E-state index is 13.7. The quantitative estimate of drug-likeness (QED) is 0.638. The van der Waals surface area contributed by atoms with Crippen molar-refractivity contribution in [2.24, 2.45) is 0 Å². The van der Waals surface area contributed by atoms with Crippen molar-refractivity contribution in [1.29, 1.82) is 0 Å². The van der Waals surface area contributed by atoms with E-state index in [0.29, 0.717) is 47.5 Å². The minimum absolute atomic E-state index is 0.213. The standard InChI is InChI=1S/C25H23FN2O3/c1-16-5-2-3-6-20(16)24(30)27-19-11-8-17(9-12-19)25(31)28-14-4-7-23(29)21-15-18(26)10-13-22(21)28/h2-3,5-6,8-13,15,23,29H,4,7,14H2,1H3,(H,27,30). The molecule has 2 amide bonds. The molecule has 1 unspecified atom stereocenters. The SMILES string of the molecule is Cc1ccccc1C(=O)Nc1ccc(C(=O)N2CCCC(O)c3cc(F)ccc32)cc1. The lowest BCUT2D eigenvalue weighted by atomic mass is 10.0. The first kappa shape index (κ1) is 20.8. The van der Waals surface area contributed by atoms with E-state index in [4.69, 9.17) is 0 Å². The molecule has 158 valence electrons. The van der Waals surface area contributed by atoms with Crippen molar-refractivity contribution in [2.75, 3.05) is 16.8 Å². The average molecular weight is 418 g/mol. The second-order valence-electron chi connectivity index (χ2n) is 7.66. The number of amides is 2. The summed E-state index contributed by atoms with van der Waals surface area (Å²) in [5.41, 5.74) is 3.44. The van der Waals surface area contributed by atoms with Crippen LogP contribution in [0, 0.1) is 12.7 Å². The van der Waals surface area contributed by atoms with Crippen LogP contribution in [0.1, 0.15) is 50.8 Å². The predicted molar refractivity (Wildman–Crippen MR) is 118 cm³/mol. The number of aliphatic hydroxyl groups excluding tert-OH is 1. The van der Waals surface area contributed by atoms with E-state index in [1.54, 1.807) is 35.2 Å². The summed E-state index contributed by atoms with van der Waals surface area (Å²) in [6.45, 7) is 2.30. The van der Waals surface area contributed by atoms with Gasteiger partial charge in [-0.15, -0.1) is 0 Å². The lowest BCUT2D eigenvalue weighted by Crippen LogP contribution is -2.31. The molecule has 0 fully saturated rings. The maximum atomic E-state index is 13.7. The summed E-state index contributed by atoms with van der Waals surface area (Å²) in [4.78, 5) is 27.2. The summed E-state index contributed by atoms with van der Waals surface area (Å²) in [6, 6.07) is 18.1. The van der Waals surface area contributed by atoms with Crippen molar-refractivity contribution in [3.8, 4) is 0 Å². The van der Waals surface area contributed by atoms with E-state index in [9.17, 15) is 19.1 Å². The molecule has 1 atom stereocenters. The zero-order chi connectivity index (χ0) is 22.0. The summed E-state index contributed by atoms with van der Waals surface area (Å²) in [6.07, 6.45) is 0.264. The van der Waals surface area contributed by atoms with Gasteiger partial charge in [-0.1, -0.05) is 18.2 Å². The van der Waals surface area contributed by atoms with E-state index in [0.717, 1.165) is 5.56 Å². The molecule has 0 saturated carbocycles. The molecule has 0 bridgehead atoms. The van der Waals surface area contributed by atoms with Crippen molar-refractivity contribution < 1.29 is 19.1 Å². The number of halogens is 1. The number of nitrogens with zero attached hydrogens (tertiary/aromatic N) is 1. The van der Waals surface area contributed by atoms with Gasteiger partial charge in [-0.3, -0.25) is 9.59 Å². The first-order valence-electron chi connectivity index (χ1n) is 10.2. The number of aliphatic hydroxyl groups is 1. The molecule has 2 N–H and O–H groups in total. The van der Waals surface area contributed by atoms with Crippen LogP contribution in [0.3, 0.4) is 0 Å². The molecule has 0 aliphatic carbocycles. The fourth-order valence-electron chi connectivity index (χ4n) is 3.85. The molecule has 0 saturated heterocycles. The summed E-state index contributed by atoms with van der Waals surface area (Å²) in [5.74, 6) is -0.894. The molecule has 1 aliphatic heterocycles. The summed E-state index contributed by atoms with van der Waals surface area (Å²) < 4.78 is 13.7. The number of rotatable bonds is 3. The van der Waals surface area contributed by atoms with Crippen LogP contribution in [0.4, 0.5) is 15.8 Å². The van der Waals surface area contributed by atoms with Crippen LogP contribution in [0.2, 0.25) is 0 Å². The van der Waals surface area contributed by atoms with Gasteiger partial charge in [0.15, 0.2) is 0 Å². The Balaban J connectivity index is 1.54. The second-order valence-corrected chi connectivity index (χ2v) is 7.66. The van der Waals surface area contributed by atoms with Crippen LogP contribution in [0.15, 0.2) is 66.7 Å².